The molecule has 4 aliphatic rings. The Hall–Kier alpha value is -0.0800. The van der Waals surface area contributed by atoms with Crippen LogP contribution in [0.3, 0.4) is 0 Å². The van der Waals surface area contributed by atoms with Gasteiger partial charge in [-0.05, 0) is 74.4 Å². The number of allylic oxidation sites excluding steroid dienone is 6. The number of rotatable bonds is 3. The zero-order valence-electron chi connectivity index (χ0n) is 15.0. The first-order chi connectivity index (χ1) is 11.7. The van der Waals surface area contributed by atoms with E-state index in [4.69, 9.17) is 12.6 Å². The van der Waals surface area contributed by atoms with Gasteiger partial charge in [0.2, 0.25) is 0 Å². The second-order valence-electron chi connectivity index (χ2n) is 8.33. The monoisotopic (exact) mass is 360 g/mol. The van der Waals surface area contributed by atoms with E-state index in [2.05, 4.69) is 43.0 Å². The molecule has 0 N–H and O–H groups in total. The van der Waals surface area contributed by atoms with Crippen molar-refractivity contribution in [2.24, 2.45) is 23.7 Å². The van der Waals surface area contributed by atoms with E-state index in [1.165, 1.54) is 63.5 Å². The lowest BCUT2D eigenvalue weighted by Gasteiger charge is -2.50. The second kappa shape index (κ2) is 7.27. The first-order valence-electron chi connectivity index (χ1n) is 10.1. The summed E-state index contributed by atoms with van der Waals surface area (Å²) in [5.74, 6) is 4.38. The topological polar surface area (TPSA) is 0 Å². The fraction of sp³-hybridized carbons (Fsp3) is 0.727. The van der Waals surface area contributed by atoms with Crippen LogP contribution < -0.4 is 0 Å². The minimum Gasteiger partial charge on any atom is -0.161 e. The predicted octanol–water partition coefficient (Wildman–Crippen LogP) is 6.80. The second-order valence-corrected chi connectivity index (χ2v) is 10.9. The van der Waals surface area contributed by atoms with Crippen LogP contribution in [0.15, 0.2) is 35.5 Å². The number of thioether (sulfide) groups is 1. The van der Waals surface area contributed by atoms with E-state index in [-0.39, 0.29) is 4.08 Å². The molecule has 0 amide bonds. The molecule has 0 heterocycles. The quantitative estimate of drug-likeness (QED) is 0.328. The zero-order chi connectivity index (χ0) is 16.6. The molecule has 5 atom stereocenters. The number of hydrogen-bond acceptors (Lipinski definition) is 2. The minimum atomic E-state index is 0.188. The van der Waals surface area contributed by atoms with Crippen LogP contribution in [0.1, 0.15) is 64.7 Å². The summed E-state index contributed by atoms with van der Waals surface area (Å²) in [6.45, 7) is 2.31. The fourth-order valence-electron chi connectivity index (χ4n) is 5.71. The summed E-state index contributed by atoms with van der Waals surface area (Å²) in [5.41, 5.74) is 3.69. The van der Waals surface area contributed by atoms with Crippen molar-refractivity contribution in [2.45, 2.75) is 68.8 Å². The Kier molecular flexibility index (Phi) is 5.25. The maximum Gasteiger partial charge on any atom is 0.0652 e. The van der Waals surface area contributed by atoms with E-state index >= 15 is 0 Å². The molecule has 0 nitrogen and oxygen atoms in total. The van der Waals surface area contributed by atoms with Gasteiger partial charge in [0.1, 0.15) is 0 Å². The summed E-state index contributed by atoms with van der Waals surface area (Å²) in [5, 5.41) is 0. The maximum absolute atomic E-state index is 5.39. The maximum atomic E-state index is 5.39. The normalized spacial score (nSPS) is 41.4. The third-order valence-corrected chi connectivity index (χ3v) is 9.27. The lowest BCUT2D eigenvalue weighted by molar-refractivity contribution is 0.229. The van der Waals surface area contributed by atoms with Crippen LogP contribution in [0.25, 0.3) is 0 Å². The summed E-state index contributed by atoms with van der Waals surface area (Å²) in [7, 11) is 0. The van der Waals surface area contributed by atoms with Gasteiger partial charge in [-0.25, -0.2) is 0 Å². The zero-order valence-corrected chi connectivity index (χ0v) is 16.8. The Labute approximate surface area is 158 Å². The van der Waals surface area contributed by atoms with E-state index in [1.54, 1.807) is 5.57 Å². The highest BCUT2D eigenvalue weighted by atomic mass is 32.2. The van der Waals surface area contributed by atoms with Gasteiger partial charge >= 0.3 is 0 Å². The Morgan fingerprint density at radius 1 is 1.12 bits per heavy atom. The fourth-order valence-corrected chi connectivity index (χ4v) is 7.78. The Morgan fingerprint density at radius 2 is 1.96 bits per heavy atom. The van der Waals surface area contributed by atoms with Crippen molar-refractivity contribution >= 4 is 24.4 Å². The highest BCUT2D eigenvalue weighted by molar-refractivity contribution is 8.11. The van der Waals surface area contributed by atoms with Crippen molar-refractivity contribution in [3.8, 4) is 0 Å². The van der Waals surface area contributed by atoms with Gasteiger partial charge in [-0.1, -0.05) is 55.2 Å². The van der Waals surface area contributed by atoms with Crippen molar-refractivity contribution in [3.05, 3.63) is 35.5 Å². The van der Waals surface area contributed by atoms with Crippen molar-refractivity contribution < 1.29 is 0 Å². The number of fused-ring (bicyclic) bond motifs is 5. The van der Waals surface area contributed by atoms with Crippen LogP contribution in [-0.2, 0) is 0 Å². The number of hydrogen-bond donors (Lipinski definition) is 1. The first kappa shape index (κ1) is 17.3. The van der Waals surface area contributed by atoms with Crippen LogP contribution in [0.2, 0.25) is 0 Å². The number of thiol groups is 1. The molecule has 0 aromatic rings. The summed E-state index contributed by atoms with van der Waals surface area (Å²) >= 11 is 7.57. The van der Waals surface area contributed by atoms with Crippen LogP contribution in [0.4, 0.5) is 0 Å². The van der Waals surface area contributed by atoms with Gasteiger partial charge in [-0.2, -0.15) is 12.6 Å². The summed E-state index contributed by atoms with van der Waals surface area (Å²) in [6.07, 6.45) is 21.8. The molecule has 0 saturated heterocycles. The van der Waals surface area contributed by atoms with E-state index in [0.717, 1.165) is 17.8 Å². The molecule has 2 heteroatoms. The Balaban J connectivity index is 1.71. The largest absolute Gasteiger partial charge is 0.161 e. The molecule has 132 valence electrons. The Morgan fingerprint density at radius 3 is 2.83 bits per heavy atom. The lowest BCUT2D eigenvalue weighted by atomic mass is 9.65. The summed E-state index contributed by atoms with van der Waals surface area (Å²) < 4.78 is 0.188. The lowest BCUT2D eigenvalue weighted by Crippen LogP contribution is -2.42. The van der Waals surface area contributed by atoms with Gasteiger partial charge in [0.25, 0.3) is 0 Å². The third kappa shape index (κ3) is 3.18. The first-order valence-corrected chi connectivity index (χ1v) is 11.6. The van der Waals surface area contributed by atoms with Gasteiger partial charge in [0, 0.05) is 0 Å². The van der Waals surface area contributed by atoms with Crippen LogP contribution >= 0.6 is 24.4 Å². The SMILES string of the molecule is CCCSC1(S)CC2=C(CCC3C=CC=CC2C3)C2CCCCC21. The van der Waals surface area contributed by atoms with Gasteiger partial charge in [-0.15, -0.1) is 11.8 Å². The average Bonchev–Trinajstić information content (AvgIpc) is 2.94. The van der Waals surface area contributed by atoms with Crippen molar-refractivity contribution in [1.82, 2.24) is 0 Å². The molecule has 4 rings (SSSR count). The molecule has 0 spiro atoms. The standard InChI is InChI=1S/C22H32S2/c1-2-13-24-22(23)15-20-17-8-4-3-7-16(14-17)11-12-18(20)19-9-5-6-10-21(19)22/h3-4,7-8,16-17,19,21,23H,2,5-6,9-15H2,1H3. The molecule has 1 fully saturated rings. The van der Waals surface area contributed by atoms with Crippen molar-refractivity contribution in [3.63, 3.8) is 0 Å². The molecule has 1 saturated carbocycles. The van der Waals surface area contributed by atoms with E-state index < -0.39 is 0 Å². The third-order valence-electron chi connectivity index (χ3n) is 6.83. The van der Waals surface area contributed by atoms with Crippen LogP contribution in [0.5, 0.6) is 0 Å². The van der Waals surface area contributed by atoms with E-state index in [9.17, 15) is 0 Å². The van der Waals surface area contributed by atoms with Gasteiger partial charge in [0.05, 0.1) is 4.08 Å². The highest BCUT2D eigenvalue weighted by Gasteiger charge is 2.48. The molecule has 0 aromatic carbocycles. The smallest absolute Gasteiger partial charge is 0.0652 e. The van der Waals surface area contributed by atoms with Gasteiger partial charge < -0.3 is 0 Å². The molecule has 2 bridgehead atoms. The molecule has 4 aliphatic carbocycles. The molecule has 5 unspecified atom stereocenters. The molecule has 0 radical (unpaired) electrons. The van der Waals surface area contributed by atoms with Crippen molar-refractivity contribution in [2.75, 3.05) is 5.75 Å². The molecular weight excluding hydrogens is 328 g/mol. The molecule has 24 heavy (non-hydrogen) atoms. The van der Waals surface area contributed by atoms with Gasteiger partial charge in [0.15, 0.2) is 0 Å². The minimum absolute atomic E-state index is 0.188. The molecular formula is C22H32S2. The summed E-state index contributed by atoms with van der Waals surface area (Å²) in [4.78, 5) is 0. The van der Waals surface area contributed by atoms with Crippen LogP contribution in [-0.4, -0.2) is 9.83 Å². The van der Waals surface area contributed by atoms with E-state index in [0.29, 0.717) is 5.92 Å². The van der Waals surface area contributed by atoms with Crippen molar-refractivity contribution in [1.29, 1.82) is 0 Å². The van der Waals surface area contributed by atoms with E-state index in [1.807, 2.05) is 5.57 Å². The van der Waals surface area contributed by atoms with Crippen LogP contribution in [0, 0.1) is 23.7 Å². The van der Waals surface area contributed by atoms with Gasteiger partial charge in [-0.3, -0.25) is 0 Å². The highest BCUT2D eigenvalue weighted by Crippen LogP contribution is 2.59. The molecule has 0 aliphatic heterocycles. The Bertz CT molecular complexity index is 558. The average molecular weight is 361 g/mol. The molecule has 0 aromatic heterocycles. The predicted molar refractivity (Wildman–Crippen MR) is 111 cm³/mol. The summed E-state index contributed by atoms with van der Waals surface area (Å²) in [6, 6.07) is 0.